The van der Waals surface area contributed by atoms with Crippen LogP contribution in [0.2, 0.25) is 0 Å². The van der Waals surface area contributed by atoms with Crippen molar-refractivity contribution in [2.24, 2.45) is 5.92 Å². The van der Waals surface area contributed by atoms with Crippen molar-refractivity contribution in [3.63, 3.8) is 0 Å². The van der Waals surface area contributed by atoms with E-state index in [1.54, 1.807) is 7.11 Å². The number of rotatable bonds is 7. The Morgan fingerprint density at radius 1 is 1.31 bits per heavy atom. The number of hydrogen-bond donors (Lipinski definition) is 1. The van der Waals surface area contributed by atoms with Gasteiger partial charge in [-0.15, -0.1) is 11.6 Å². The Balaban J connectivity index is 3.79. The molecular weight excluding hydrogens is 186 g/mol. The third-order valence-electron chi connectivity index (χ3n) is 2.14. The van der Waals surface area contributed by atoms with Crippen molar-refractivity contribution in [3.8, 4) is 0 Å². The van der Waals surface area contributed by atoms with Gasteiger partial charge in [0.2, 0.25) is 0 Å². The van der Waals surface area contributed by atoms with Crippen LogP contribution in [0.4, 0.5) is 0 Å². The van der Waals surface area contributed by atoms with E-state index < -0.39 is 0 Å². The maximum Gasteiger partial charge on any atom is 0.0613 e. The van der Waals surface area contributed by atoms with Gasteiger partial charge in [-0.25, -0.2) is 0 Å². The zero-order valence-corrected chi connectivity index (χ0v) is 9.90. The van der Waals surface area contributed by atoms with Gasteiger partial charge in [0, 0.05) is 25.1 Å². The highest BCUT2D eigenvalue weighted by molar-refractivity contribution is 6.17. The van der Waals surface area contributed by atoms with E-state index >= 15 is 0 Å². The molecule has 80 valence electrons. The van der Waals surface area contributed by atoms with E-state index in [0.29, 0.717) is 18.0 Å². The fourth-order valence-corrected chi connectivity index (χ4v) is 1.63. The third kappa shape index (κ3) is 6.30. The van der Waals surface area contributed by atoms with Crippen LogP contribution in [0.25, 0.3) is 0 Å². The first-order chi connectivity index (χ1) is 6.11. The summed E-state index contributed by atoms with van der Waals surface area (Å²) < 4.78 is 5.07. The van der Waals surface area contributed by atoms with E-state index in [2.05, 4.69) is 26.1 Å². The summed E-state index contributed by atoms with van der Waals surface area (Å²) >= 11 is 5.73. The van der Waals surface area contributed by atoms with Crippen molar-refractivity contribution in [2.45, 2.75) is 39.3 Å². The summed E-state index contributed by atoms with van der Waals surface area (Å²) in [6.45, 7) is 7.31. The van der Waals surface area contributed by atoms with Gasteiger partial charge in [0.15, 0.2) is 0 Å². The summed E-state index contributed by atoms with van der Waals surface area (Å²) in [6.07, 6.45) is 1.02. The standard InChI is InChI=1S/C10H22ClNO/c1-8(2)10(5-6-11)12-9(3)7-13-4/h8-10,12H,5-7H2,1-4H3. The predicted octanol–water partition coefficient (Wildman–Crippen LogP) is 2.26. The van der Waals surface area contributed by atoms with Gasteiger partial charge in [-0.05, 0) is 19.3 Å². The topological polar surface area (TPSA) is 21.3 Å². The summed E-state index contributed by atoms with van der Waals surface area (Å²) in [4.78, 5) is 0. The molecule has 2 atom stereocenters. The minimum absolute atomic E-state index is 0.403. The second-order valence-corrected chi connectivity index (χ2v) is 4.23. The molecule has 0 radical (unpaired) electrons. The average Bonchev–Trinajstić information content (AvgIpc) is 2.04. The lowest BCUT2D eigenvalue weighted by Gasteiger charge is -2.25. The molecule has 2 nitrogen and oxygen atoms in total. The van der Waals surface area contributed by atoms with Gasteiger partial charge in [-0.1, -0.05) is 13.8 Å². The summed E-state index contributed by atoms with van der Waals surface area (Å²) in [5.74, 6) is 1.34. The van der Waals surface area contributed by atoms with Crippen molar-refractivity contribution in [1.29, 1.82) is 0 Å². The van der Waals surface area contributed by atoms with Crippen molar-refractivity contribution >= 4 is 11.6 Å². The minimum Gasteiger partial charge on any atom is -0.383 e. The zero-order chi connectivity index (χ0) is 10.3. The van der Waals surface area contributed by atoms with Crippen LogP contribution in [-0.2, 0) is 4.74 Å². The quantitative estimate of drug-likeness (QED) is 0.647. The van der Waals surface area contributed by atoms with Crippen LogP contribution >= 0.6 is 11.6 Å². The number of hydrogen-bond acceptors (Lipinski definition) is 2. The molecule has 1 N–H and O–H groups in total. The number of halogens is 1. The molecule has 0 aromatic heterocycles. The van der Waals surface area contributed by atoms with Crippen LogP contribution < -0.4 is 5.32 Å². The molecule has 0 saturated heterocycles. The van der Waals surface area contributed by atoms with Crippen LogP contribution in [0, 0.1) is 5.92 Å². The molecule has 0 fully saturated rings. The maximum absolute atomic E-state index is 5.73. The van der Waals surface area contributed by atoms with Gasteiger partial charge in [0.05, 0.1) is 6.61 Å². The summed E-state index contributed by atoms with van der Waals surface area (Å²) in [7, 11) is 1.73. The smallest absolute Gasteiger partial charge is 0.0613 e. The minimum atomic E-state index is 0.403. The SMILES string of the molecule is COCC(C)NC(CCCl)C(C)C. The molecule has 0 aromatic carbocycles. The van der Waals surface area contributed by atoms with Crippen molar-refractivity contribution < 1.29 is 4.74 Å². The number of nitrogens with one attached hydrogen (secondary N) is 1. The van der Waals surface area contributed by atoms with E-state index in [4.69, 9.17) is 16.3 Å². The molecule has 0 heterocycles. The van der Waals surface area contributed by atoms with Crippen LogP contribution in [0.3, 0.4) is 0 Å². The highest BCUT2D eigenvalue weighted by Crippen LogP contribution is 2.08. The Bertz CT molecular complexity index is 119. The van der Waals surface area contributed by atoms with Gasteiger partial charge in [-0.2, -0.15) is 0 Å². The van der Waals surface area contributed by atoms with Crippen molar-refractivity contribution in [2.75, 3.05) is 19.6 Å². The van der Waals surface area contributed by atoms with Gasteiger partial charge < -0.3 is 10.1 Å². The largest absolute Gasteiger partial charge is 0.383 e. The lowest BCUT2D eigenvalue weighted by molar-refractivity contribution is 0.161. The van der Waals surface area contributed by atoms with Crippen LogP contribution in [0.1, 0.15) is 27.2 Å². The number of methoxy groups -OCH3 is 1. The first-order valence-corrected chi connectivity index (χ1v) is 5.46. The molecule has 0 saturated carbocycles. The normalized spacial score (nSPS) is 16.2. The van der Waals surface area contributed by atoms with E-state index in [1.165, 1.54) is 0 Å². The molecule has 0 aliphatic heterocycles. The van der Waals surface area contributed by atoms with E-state index in [9.17, 15) is 0 Å². The lowest BCUT2D eigenvalue weighted by Crippen LogP contribution is -2.42. The molecular formula is C10H22ClNO. The van der Waals surface area contributed by atoms with E-state index in [-0.39, 0.29) is 0 Å². The fraction of sp³-hybridized carbons (Fsp3) is 1.00. The highest BCUT2D eigenvalue weighted by Gasteiger charge is 2.14. The lowest BCUT2D eigenvalue weighted by atomic mass is 10.0. The number of alkyl halides is 1. The molecule has 0 bridgehead atoms. The molecule has 0 rings (SSSR count). The first-order valence-electron chi connectivity index (χ1n) is 4.92. The highest BCUT2D eigenvalue weighted by atomic mass is 35.5. The average molecular weight is 208 g/mol. The second-order valence-electron chi connectivity index (χ2n) is 3.85. The Hall–Kier alpha value is 0.210. The molecule has 3 heteroatoms. The molecule has 0 aliphatic carbocycles. The van der Waals surface area contributed by atoms with Gasteiger partial charge >= 0.3 is 0 Å². The molecule has 0 spiro atoms. The molecule has 0 aromatic rings. The fourth-order valence-electron chi connectivity index (χ4n) is 1.39. The van der Waals surface area contributed by atoms with Crippen molar-refractivity contribution in [1.82, 2.24) is 5.32 Å². The van der Waals surface area contributed by atoms with Gasteiger partial charge in [0.1, 0.15) is 0 Å². The summed E-state index contributed by atoms with van der Waals surface area (Å²) in [6, 6.07) is 0.906. The Morgan fingerprint density at radius 2 is 1.92 bits per heavy atom. The zero-order valence-electron chi connectivity index (χ0n) is 9.14. The van der Waals surface area contributed by atoms with E-state index in [1.807, 2.05) is 0 Å². The predicted molar refractivity (Wildman–Crippen MR) is 58.4 cm³/mol. The second kappa shape index (κ2) is 7.60. The Kier molecular flexibility index (Phi) is 7.72. The third-order valence-corrected chi connectivity index (χ3v) is 2.36. The van der Waals surface area contributed by atoms with Crippen LogP contribution in [0.5, 0.6) is 0 Å². The van der Waals surface area contributed by atoms with E-state index in [0.717, 1.165) is 18.9 Å². The maximum atomic E-state index is 5.73. The molecule has 2 unspecified atom stereocenters. The van der Waals surface area contributed by atoms with Gasteiger partial charge in [-0.3, -0.25) is 0 Å². The number of ether oxygens (including phenoxy) is 1. The first kappa shape index (κ1) is 13.2. The van der Waals surface area contributed by atoms with Crippen LogP contribution in [0.15, 0.2) is 0 Å². The Morgan fingerprint density at radius 3 is 2.31 bits per heavy atom. The summed E-state index contributed by atoms with van der Waals surface area (Å²) in [5, 5.41) is 3.51. The molecule has 13 heavy (non-hydrogen) atoms. The van der Waals surface area contributed by atoms with Crippen LogP contribution in [-0.4, -0.2) is 31.7 Å². The van der Waals surface area contributed by atoms with Gasteiger partial charge in [0.25, 0.3) is 0 Å². The molecule has 0 amide bonds. The molecule has 0 aliphatic rings. The Labute approximate surface area is 87.0 Å². The summed E-state index contributed by atoms with van der Waals surface area (Å²) in [5.41, 5.74) is 0. The monoisotopic (exact) mass is 207 g/mol. The van der Waals surface area contributed by atoms with Crippen molar-refractivity contribution in [3.05, 3.63) is 0 Å².